The summed E-state index contributed by atoms with van der Waals surface area (Å²) < 4.78 is 1.88. The molecule has 18 heavy (non-hydrogen) atoms. The third-order valence-corrected chi connectivity index (χ3v) is 3.55. The fraction of sp³-hybridized carbons (Fsp3) is 0.800. The predicted molar refractivity (Wildman–Crippen MR) is 77.8 cm³/mol. The summed E-state index contributed by atoms with van der Waals surface area (Å²) in [6.45, 7) is 2.27. The van der Waals surface area contributed by atoms with Crippen LogP contribution in [0.15, 0.2) is 12.4 Å². The molecule has 1 atom stereocenters. The molecule has 0 spiro atoms. The van der Waals surface area contributed by atoms with Gasteiger partial charge >= 0.3 is 0 Å². The van der Waals surface area contributed by atoms with Gasteiger partial charge in [0.2, 0.25) is 0 Å². The summed E-state index contributed by atoms with van der Waals surface area (Å²) in [7, 11) is 4.05. The summed E-state index contributed by atoms with van der Waals surface area (Å²) >= 11 is 0. The van der Waals surface area contributed by atoms with Crippen LogP contribution in [-0.2, 0) is 13.5 Å². The van der Waals surface area contributed by atoms with Crippen molar-refractivity contribution in [1.29, 1.82) is 0 Å². The van der Waals surface area contributed by atoms with E-state index < -0.39 is 0 Å². The summed E-state index contributed by atoms with van der Waals surface area (Å²) in [6, 6.07) is 0.598. The maximum absolute atomic E-state index is 4.22. The maximum atomic E-state index is 4.22. The molecule has 3 nitrogen and oxygen atoms in total. The topological polar surface area (TPSA) is 29.9 Å². The standard InChI is InChI=1S/C15H29N3/c1-4-5-6-7-8-9-10-15(16-2)11-14-12-17-18(3)13-14/h12-13,15-16H,4-11H2,1-3H3. The van der Waals surface area contributed by atoms with E-state index in [0.29, 0.717) is 6.04 Å². The highest BCUT2D eigenvalue weighted by Gasteiger charge is 2.08. The van der Waals surface area contributed by atoms with Crippen molar-refractivity contribution in [2.45, 2.75) is 64.3 Å². The number of aromatic nitrogens is 2. The van der Waals surface area contributed by atoms with Gasteiger partial charge in [0.05, 0.1) is 6.20 Å². The zero-order chi connectivity index (χ0) is 13.2. The predicted octanol–water partition coefficient (Wildman–Crippen LogP) is 3.30. The first-order chi connectivity index (χ1) is 8.76. The first-order valence-electron chi connectivity index (χ1n) is 7.41. The Kier molecular flexibility index (Phi) is 7.74. The van der Waals surface area contributed by atoms with Gasteiger partial charge in [-0.25, -0.2) is 0 Å². The van der Waals surface area contributed by atoms with Gasteiger partial charge in [0.25, 0.3) is 0 Å². The van der Waals surface area contributed by atoms with Crippen LogP contribution < -0.4 is 5.32 Å². The van der Waals surface area contributed by atoms with Gasteiger partial charge in [0.15, 0.2) is 0 Å². The summed E-state index contributed by atoms with van der Waals surface area (Å²) in [6.07, 6.45) is 14.7. The van der Waals surface area contributed by atoms with Crippen molar-refractivity contribution in [3.05, 3.63) is 18.0 Å². The molecule has 1 N–H and O–H groups in total. The summed E-state index contributed by atoms with van der Waals surface area (Å²) in [5.74, 6) is 0. The molecule has 0 aliphatic rings. The van der Waals surface area contributed by atoms with Gasteiger partial charge < -0.3 is 5.32 Å². The van der Waals surface area contributed by atoms with Crippen molar-refractivity contribution >= 4 is 0 Å². The number of aryl methyl sites for hydroxylation is 1. The van der Waals surface area contributed by atoms with Crippen LogP contribution >= 0.6 is 0 Å². The highest BCUT2D eigenvalue weighted by atomic mass is 15.2. The molecule has 0 amide bonds. The van der Waals surface area contributed by atoms with Crippen molar-refractivity contribution in [3.8, 4) is 0 Å². The third-order valence-electron chi connectivity index (χ3n) is 3.55. The number of likely N-dealkylation sites (N-methyl/N-ethyl adjacent to an activating group) is 1. The second kappa shape index (κ2) is 9.15. The monoisotopic (exact) mass is 251 g/mol. The van der Waals surface area contributed by atoms with E-state index in [4.69, 9.17) is 0 Å². The van der Waals surface area contributed by atoms with Crippen LogP contribution in [0.2, 0.25) is 0 Å². The van der Waals surface area contributed by atoms with Gasteiger partial charge in [-0.15, -0.1) is 0 Å². The lowest BCUT2D eigenvalue weighted by molar-refractivity contribution is 0.479. The van der Waals surface area contributed by atoms with Gasteiger partial charge in [0.1, 0.15) is 0 Å². The van der Waals surface area contributed by atoms with E-state index in [9.17, 15) is 0 Å². The van der Waals surface area contributed by atoms with E-state index in [1.165, 1.54) is 50.5 Å². The van der Waals surface area contributed by atoms with Crippen LogP contribution in [-0.4, -0.2) is 22.9 Å². The molecule has 0 aliphatic heterocycles. The van der Waals surface area contributed by atoms with E-state index in [-0.39, 0.29) is 0 Å². The molecule has 0 fully saturated rings. The summed E-state index contributed by atoms with van der Waals surface area (Å²) in [5.41, 5.74) is 1.34. The average molecular weight is 251 g/mol. The molecule has 1 aromatic heterocycles. The molecule has 0 radical (unpaired) electrons. The number of nitrogens with zero attached hydrogens (tertiary/aromatic N) is 2. The van der Waals surface area contributed by atoms with Crippen LogP contribution in [0.4, 0.5) is 0 Å². The third kappa shape index (κ3) is 6.20. The number of rotatable bonds is 10. The second-order valence-electron chi connectivity index (χ2n) is 5.27. The zero-order valence-electron chi connectivity index (χ0n) is 12.3. The van der Waals surface area contributed by atoms with Crippen molar-refractivity contribution < 1.29 is 0 Å². The molecule has 0 saturated heterocycles. The van der Waals surface area contributed by atoms with Gasteiger partial charge in [-0.05, 0) is 25.5 Å². The molecule has 0 aliphatic carbocycles. The van der Waals surface area contributed by atoms with Crippen molar-refractivity contribution in [2.75, 3.05) is 7.05 Å². The molecule has 104 valence electrons. The van der Waals surface area contributed by atoms with Gasteiger partial charge in [-0.1, -0.05) is 45.4 Å². The van der Waals surface area contributed by atoms with Crippen LogP contribution in [0.1, 0.15) is 57.4 Å². The number of hydrogen-bond donors (Lipinski definition) is 1. The van der Waals surface area contributed by atoms with E-state index >= 15 is 0 Å². The lowest BCUT2D eigenvalue weighted by Crippen LogP contribution is -2.27. The van der Waals surface area contributed by atoms with Crippen molar-refractivity contribution in [1.82, 2.24) is 15.1 Å². The van der Waals surface area contributed by atoms with E-state index in [0.717, 1.165) is 6.42 Å². The first kappa shape index (κ1) is 15.2. The molecular weight excluding hydrogens is 222 g/mol. The molecule has 1 heterocycles. The molecule has 3 heteroatoms. The minimum absolute atomic E-state index is 0.598. The second-order valence-corrected chi connectivity index (χ2v) is 5.27. The van der Waals surface area contributed by atoms with Crippen LogP contribution in [0.25, 0.3) is 0 Å². The van der Waals surface area contributed by atoms with Crippen molar-refractivity contribution in [3.63, 3.8) is 0 Å². The smallest absolute Gasteiger partial charge is 0.0522 e. The Morgan fingerprint density at radius 3 is 2.56 bits per heavy atom. The molecule has 1 rings (SSSR count). The number of unbranched alkanes of at least 4 members (excludes halogenated alkanes) is 5. The Balaban J connectivity index is 2.13. The Morgan fingerprint density at radius 2 is 1.94 bits per heavy atom. The van der Waals surface area contributed by atoms with Gasteiger partial charge in [-0.2, -0.15) is 5.10 Å². The fourth-order valence-corrected chi connectivity index (χ4v) is 2.38. The van der Waals surface area contributed by atoms with E-state index in [1.807, 2.05) is 17.9 Å². The van der Waals surface area contributed by atoms with E-state index in [2.05, 4.69) is 30.6 Å². The number of nitrogens with one attached hydrogen (secondary N) is 1. The van der Waals surface area contributed by atoms with Gasteiger partial charge in [0, 0.05) is 19.3 Å². The highest BCUT2D eigenvalue weighted by Crippen LogP contribution is 2.11. The van der Waals surface area contributed by atoms with Crippen LogP contribution in [0.3, 0.4) is 0 Å². The Morgan fingerprint density at radius 1 is 1.22 bits per heavy atom. The lowest BCUT2D eigenvalue weighted by atomic mass is 10.0. The summed E-state index contributed by atoms with van der Waals surface area (Å²) in [4.78, 5) is 0. The maximum Gasteiger partial charge on any atom is 0.0522 e. The normalized spacial score (nSPS) is 12.8. The van der Waals surface area contributed by atoms with Crippen LogP contribution in [0, 0.1) is 0 Å². The summed E-state index contributed by atoms with van der Waals surface area (Å²) in [5, 5.41) is 7.65. The lowest BCUT2D eigenvalue weighted by Gasteiger charge is -2.14. The van der Waals surface area contributed by atoms with Crippen molar-refractivity contribution in [2.24, 2.45) is 7.05 Å². The van der Waals surface area contributed by atoms with Gasteiger partial charge in [-0.3, -0.25) is 4.68 Å². The van der Waals surface area contributed by atoms with E-state index in [1.54, 1.807) is 0 Å². The zero-order valence-corrected chi connectivity index (χ0v) is 12.3. The molecule has 0 bridgehead atoms. The minimum atomic E-state index is 0.598. The first-order valence-corrected chi connectivity index (χ1v) is 7.41. The van der Waals surface area contributed by atoms with Crippen LogP contribution in [0.5, 0.6) is 0 Å². The molecular formula is C15H29N3. The molecule has 1 aromatic rings. The minimum Gasteiger partial charge on any atom is -0.317 e. The average Bonchev–Trinajstić information content (AvgIpc) is 2.77. The Labute approximate surface area is 112 Å². The Hall–Kier alpha value is -0.830. The largest absolute Gasteiger partial charge is 0.317 e. The SMILES string of the molecule is CCCCCCCCC(Cc1cnn(C)c1)NC. The molecule has 1 unspecified atom stereocenters. The number of hydrogen-bond acceptors (Lipinski definition) is 2. The Bertz CT molecular complexity index is 306. The highest BCUT2D eigenvalue weighted by molar-refractivity contribution is 5.05. The quantitative estimate of drug-likeness (QED) is 0.647. The molecule has 0 aromatic carbocycles. The molecule has 0 saturated carbocycles. The fourth-order valence-electron chi connectivity index (χ4n) is 2.38.